The molecule has 5 aromatic carbocycles. The molecule has 0 saturated carbocycles. The Hall–Kier alpha value is -7.14. The summed E-state index contributed by atoms with van der Waals surface area (Å²) >= 11 is 0. The summed E-state index contributed by atoms with van der Waals surface area (Å²) in [6.07, 6.45) is 0. The lowest BCUT2D eigenvalue weighted by Gasteiger charge is -2.17. The SMILES string of the molecule is c1ccc2c(c1)C1=NC23N=c2[nH]c(c4ccccc24)=NC2=NC(N=c4[nH]c(c5ccccc45)=N1)(N=c1[nH]c(c4ccccc14)=N3)c1ccccc12. The van der Waals surface area contributed by atoms with Gasteiger partial charge in [0.15, 0.2) is 11.7 Å². The quantitative estimate of drug-likeness (QED) is 0.220. The van der Waals surface area contributed by atoms with E-state index in [9.17, 15) is 0 Å². The first-order valence-corrected chi connectivity index (χ1v) is 16.7. The van der Waals surface area contributed by atoms with E-state index in [1.165, 1.54) is 0 Å². The molecule has 12 rings (SSSR count). The summed E-state index contributed by atoms with van der Waals surface area (Å²) in [5.41, 5.74) is 6.84. The Balaban J connectivity index is 1.42. The van der Waals surface area contributed by atoms with Crippen LogP contribution in [-0.2, 0) is 11.6 Å². The van der Waals surface area contributed by atoms with Crippen molar-refractivity contribution in [1.82, 2.24) is 15.0 Å². The van der Waals surface area contributed by atoms with Crippen LogP contribution in [0.1, 0.15) is 22.3 Å². The molecular formula is C40H23N11. The van der Waals surface area contributed by atoms with E-state index in [1.807, 2.05) is 121 Å². The number of amidine groups is 2. The molecule has 2 atom stereocenters. The normalized spacial score (nSPS) is 20.7. The minimum absolute atomic E-state index is 0.503. The van der Waals surface area contributed by atoms with E-state index < -0.39 is 11.6 Å². The summed E-state index contributed by atoms with van der Waals surface area (Å²) in [5, 5.41) is 5.29. The number of aliphatic imine (C=N–C) groups is 2. The Morgan fingerprint density at radius 1 is 0.314 bits per heavy atom. The van der Waals surface area contributed by atoms with E-state index in [0.717, 1.165) is 54.6 Å². The van der Waals surface area contributed by atoms with Crippen molar-refractivity contribution in [3.05, 3.63) is 177 Å². The number of aromatic amines is 3. The van der Waals surface area contributed by atoms with Crippen LogP contribution in [-0.4, -0.2) is 26.6 Å². The number of rotatable bonds is 0. The fraction of sp³-hybridized carbons (Fsp3) is 0.0500. The van der Waals surface area contributed by atoms with Crippen LogP contribution in [0.3, 0.4) is 0 Å². The summed E-state index contributed by atoms with van der Waals surface area (Å²) < 4.78 is 0. The zero-order valence-corrected chi connectivity index (χ0v) is 26.6. The van der Waals surface area contributed by atoms with Crippen LogP contribution in [0, 0.1) is 0 Å². The Morgan fingerprint density at radius 2 is 0.608 bits per heavy atom. The second-order valence-corrected chi connectivity index (χ2v) is 13.0. The maximum Gasteiger partial charge on any atom is 0.278 e. The van der Waals surface area contributed by atoms with Gasteiger partial charge in [-0.2, -0.15) is 0 Å². The van der Waals surface area contributed by atoms with E-state index in [-0.39, 0.29) is 0 Å². The summed E-state index contributed by atoms with van der Waals surface area (Å²) in [6.45, 7) is 0. The van der Waals surface area contributed by atoms with Gasteiger partial charge in [0.1, 0.15) is 32.9 Å². The lowest BCUT2D eigenvalue weighted by Crippen LogP contribution is -2.28. The molecule has 3 aromatic heterocycles. The number of H-pyrrole nitrogens is 3. The first-order chi connectivity index (χ1) is 25.1. The van der Waals surface area contributed by atoms with E-state index >= 15 is 0 Å². The highest BCUT2D eigenvalue weighted by Gasteiger charge is 2.43. The molecule has 0 fully saturated rings. The van der Waals surface area contributed by atoms with Crippen LogP contribution in [0.25, 0.3) is 32.3 Å². The van der Waals surface area contributed by atoms with Crippen molar-refractivity contribution in [2.24, 2.45) is 39.9 Å². The van der Waals surface area contributed by atoms with Gasteiger partial charge in [0.05, 0.1) is 0 Å². The minimum atomic E-state index is -1.45. The van der Waals surface area contributed by atoms with Crippen molar-refractivity contribution in [2.45, 2.75) is 11.6 Å². The van der Waals surface area contributed by atoms with Crippen molar-refractivity contribution in [3.8, 4) is 0 Å². The fourth-order valence-corrected chi connectivity index (χ4v) is 7.83. The van der Waals surface area contributed by atoms with Gasteiger partial charge in [-0.1, -0.05) is 121 Å². The maximum absolute atomic E-state index is 5.45. The van der Waals surface area contributed by atoms with Gasteiger partial charge in [-0.3, -0.25) is 0 Å². The van der Waals surface area contributed by atoms with Crippen LogP contribution >= 0.6 is 0 Å². The Labute approximate surface area is 286 Å². The molecular weight excluding hydrogens is 635 g/mol. The third-order valence-corrected chi connectivity index (χ3v) is 10.1. The second-order valence-electron chi connectivity index (χ2n) is 13.0. The van der Waals surface area contributed by atoms with Crippen molar-refractivity contribution >= 4 is 44.0 Å². The minimum Gasteiger partial charge on any atom is -0.324 e. The van der Waals surface area contributed by atoms with Gasteiger partial charge in [-0.15, -0.1) is 0 Å². The predicted octanol–water partition coefficient (Wildman–Crippen LogP) is 3.42. The molecule has 4 aliphatic heterocycles. The van der Waals surface area contributed by atoms with E-state index in [4.69, 9.17) is 39.9 Å². The van der Waals surface area contributed by atoms with E-state index in [2.05, 4.69) is 15.0 Å². The van der Waals surface area contributed by atoms with Crippen LogP contribution in [0.4, 0.5) is 0 Å². The highest BCUT2D eigenvalue weighted by Crippen LogP contribution is 2.40. The smallest absolute Gasteiger partial charge is 0.278 e. The predicted molar refractivity (Wildman–Crippen MR) is 191 cm³/mol. The first-order valence-electron chi connectivity index (χ1n) is 16.7. The highest BCUT2D eigenvalue weighted by molar-refractivity contribution is 6.05. The Morgan fingerprint density at radius 3 is 0.980 bits per heavy atom. The second kappa shape index (κ2) is 9.30. The van der Waals surface area contributed by atoms with Crippen molar-refractivity contribution < 1.29 is 0 Å². The highest BCUT2D eigenvalue weighted by atomic mass is 15.3. The number of fused-ring (bicyclic) bond motifs is 15. The third kappa shape index (κ3) is 3.56. The van der Waals surface area contributed by atoms with Gasteiger partial charge in [0.25, 0.3) is 11.6 Å². The molecule has 11 nitrogen and oxygen atoms in total. The molecule has 8 aromatic rings. The van der Waals surface area contributed by atoms with Gasteiger partial charge < -0.3 is 15.0 Å². The maximum atomic E-state index is 5.45. The van der Waals surface area contributed by atoms with Gasteiger partial charge >= 0.3 is 0 Å². The molecule has 0 saturated heterocycles. The molecule has 10 bridgehead atoms. The number of nitrogens with one attached hydrogen (secondary N) is 3. The molecule has 11 heteroatoms. The standard InChI is InChI=1S/C40H23N11/c1-3-13-23-21(11-1)31-41-33(23)46-39-30-20-10-8-18-28(30)38(51-39)44-32-22-12-2-4-14-24(22)34(42-32)47-40(29-19-9-7-17-27(29)37(43-31)50-40)49-36-26-16-6-5-15-25(26)35(45-36)48-39/h1-20H,(H,45,48,49)(H,41,43,46,50)(H,42,44,47,51). The Bertz CT molecular complexity index is 3120. The van der Waals surface area contributed by atoms with Crippen molar-refractivity contribution in [2.75, 3.05) is 0 Å². The summed E-state index contributed by atoms with van der Waals surface area (Å²) in [7, 11) is 0. The number of benzene rings is 5. The van der Waals surface area contributed by atoms with Gasteiger partial charge in [0.2, 0.25) is 0 Å². The number of hydrogen-bond donors (Lipinski definition) is 3. The van der Waals surface area contributed by atoms with Gasteiger partial charge in [-0.25, -0.2) is 39.9 Å². The van der Waals surface area contributed by atoms with Crippen LogP contribution in [0.15, 0.2) is 161 Å². The van der Waals surface area contributed by atoms with E-state index in [1.54, 1.807) is 0 Å². The van der Waals surface area contributed by atoms with Crippen molar-refractivity contribution in [1.29, 1.82) is 0 Å². The molecule has 2 spiro atoms. The molecule has 3 N–H and O–H groups in total. The van der Waals surface area contributed by atoms with Crippen LogP contribution in [0.2, 0.25) is 0 Å². The molecule has 2 unspecified atom stereocenters. The number of nitrogens with zero attached hydrogens (tertiary/aromatic N) is 8. The third-order valence-electron chi connectivity index (χ3n) is 10.1. The number of hydrogen-bond acceptors (Lipinski definition) is 8. The van der Waals surface area contributed by atoms with Crippen LogP contribution < -0.4 is 32.9 Å². The summed E-state index contributed by atoms with van der Waals surface area (Å²) in [5.74, 6) is -1.90. The lowest BCUT2D eigenvalue weighted by molar-refractivity contribution is 0.471. The molecule has 0 radical (unpaired) electrons. The summed E-state index contributed by atoms with van der Waals surface area (Å²) in [6, 6.07) is 40.2. The number of aromatic nitrogens is 3. The fourth-order valence-electron chi connectivity index (χ4n) is 7.83. The monoisotopic (exact) mass is 657 g/mol. The zero-order chi connectivity index (χ0) is 33.3. The molecule has 4 aliphatic rings. The van der Waals surface area contributed by atoms with Gasteiger partial charge in [0, 0.05) is 54.6 Å². The summed E-state index contributed by atoms with van der Waals surface area (Å²) in [4.78, 5) is 53.5. The average Bonchev–Trinajstić information content (AvgIpc) is 3.94. The molecule has 7 heterocycles. The molecule has 51 heavy (non-hydrogen) atoms. The van der Waals surface area contributed by atoms with Gasteiger partial charge in [-0.05, 0) is 0 Å². The first kappa shape index (κ1) is 26.8. The Kier molecular flexibility index (Phi) is 4.88. The average molecular weight is 658 g/mol. The topological polar surface area (TPSA) is 146 Å². The van der Waals surface area contributed by atoms with Crippen LogP contribution in [0.5, 0.6) is 0 Å². The largest absolute Gasteiger partial charge is 0.324 e. The lowest BCUT2D eigenvalue weighted by atomic mass is 10.0. The molecule has 0 aliphatic carbocycles. The van der Waals surface area contributed by atoms with E-state index in [0.29, 0.717) is 44.6 Å². The zero-order valence-electron chi connectivity index (χ0n) is 26.6. The molecule has 0 amide bonds. The molecule has 238 valence electrons. The van der Waals surface area contributed by atoms with Crippen molar-refractivity contribution in [3.63, 3.8) is 0 Å².